The zero-order valence-corrected chi connectivity index (χ0v) is 7.22. The molecule has 0 bridgehead atoms. The molecule has 0 unspecified atom stereocenters. The van der Waals surface area contributed by atoms with Crippen molar-refractivity contribution in [3.63, 3.8) is 0 Å². The third-order valence-corrected chi connectivity index (χ3v) is 1.81. The van der Waals surface area contributed by atoms with E-state index in [1.54, 1.807) is 0 Å². The van der Waals surface area contributed by atoms with Crippen molar-refractivity contribution in [1.29, 1.82) is 0 Å². The number of hydrogen-bond donors (Lipinski definition) is 2. The number of nitrogens with two attached hydrogens (primary N) is 1. The lowest BCUT2D eigenvalue weighted by atomic mass is 10.1. The Labute approximate surface area is 74.8 Å². The number of halogens is 1. The van der Waals surface area contributed by atoms with Gasteiger partial charge >= 0.3 is 0 Å². The Balaban J connectivity index is 3.33. The Morgan fingerprint density at radius 1 is 1.58 bits per heavy atom. The molecule has 0 heterocycles. The van der Waals surface area contributed by atoms with Crippen LogP contribution in [0, 0.1) is 0 Å². The molecule has 0 spiro atoms. The number of rotatable bonds is 1. The van der Waals surface area contributed by atoms with Gasteiger partial charge in [-0.05, 0) is 13.0 Å². The van der Waals surface area contributed by atoms with Crippen LogP contribution in [-0.4, -0.2) is 10.9 Å². The Hall–Kier alpha value is -1.22. The molecule has 3 nitrogen and oxygen atoms in total. The first kappa shape index (κ1) is 8.87. The van der Waals surface area contributed by atoms with Crippen LogP contribution in [0.1, 0.15) is 17.3 Å². The number of carbonyl (C=O) groups excluding carboxylic acids is 1. The summed E-state index contributed by atoms with van der Waals surface area (Å²) in [5, 5.41) is 9.30. The molecule has 0 aliphatic heterocycles. The van der Waals surface area contributed by atoms with Crippen LogP contribution in [0.5, 0.6) is 5.75 Å². The predicted octanol–water partition coefficient (Wildman–Crippen LogP) is 1.83. The van der Waals surface area contributed by atoms with Crippen molar-refractivity contribution in [2.45, 2.75) is 6.92 Å². The van der Waals surface area contributed by atoms with E-state index in [1.807, 2.05) is 0 Å². The molecule has 12 heavy (non-hydrogen) atoms. The summed E-state index contributed by atoms with van der Waals surface area (Å²) in [5.74, 6) is -0.281. The highest BCUT2D eigenvalue weighted by molar-refractivity contribution is 6.34. The number of anilines is 1. The van der Waals surface area contributed by atoms with Crippen molar-refractivity contribution in [3.05, 3.63) is 22.7 Å². The van der Waals surface area contributed by atoms with E-state index in [1.165, 1.54) is 19.1 Å². The highest BCUT2D eigenvalue weighted by atomic mass is 35.5. The molecule has 1 rings (SSSR count). The van der Waals surface area contributed by atoms with Gasteiger partial charge in [0.2, 0.25) is 0 Å². The summed E-state index contributed by atoms with van der Waals surface area (Å²) in [4.78, 5) is 10.9. The van der Waals surface area contributed by atoms with Gasteiger partial charge in [0.25, 0.3) is 0 Å². The fraction of sp³-hybridized carbons (Fsp3) is 0.125. The molecule has 0 atom stereocenters. The predicted molar refractivity (Wildman–Crippen MR) is 47.5 cm³/mol. The van der Waals surface area contributed by atoms with E-state index in [2.05, 4.69) is 0 Å². The summed E-state index contributed by atoms with van der Waals surface area (Å²) >= 11 is 5.66. The Kier molecular flexibility index (Phi) is 2.24. The third kappa shape index (κ3) is 1.51. The zero-order chi connectivity index (χ0) is 9.30. The van der Waals surface area contributed by atoms with E-state index in [9.17, 15) is 4.79 Å². The number of hydrogen-bond acceptors (Lipinski definition) is 3. The van der Waals surface area contributed by atoms with Gasteiger partial charge in [0, 0.05) is 11.6 Å². The molecule has 64 valence electrons. The first-order valence-electron chi connectivity index (χ1n) is 3.31. The van der Waals surface area contributed by atoms with Crippen LogP contribution in [-0.2, 0) is 0 Å². The summed E-state index contributed by atoms with van der Waals surface area (Å²) < 4.78 is 0. The van der Waals surface area contributed by atoms with Gasteiger partial charge in [-0.25, -0.2) is 0 Å². The van der Waals surface area contributed by atoms with E-state index in [-0.39, 0.29) is 22.2 Å². The van der Waals surface area contributed by atoms with Crippen molar-refractivity contribution in [2.75, 3.05) is 5.73 Å². The topological polar surface area (TPSA) is 63.3 Å². The Bertz CT molecular complexity index is 336. The number of ketones is 1. The first-order valence-corrected chi connectivity index (χ1v) is 3.69. The maximum absolute atomic E-state index is 10.9. The number of phenolic OH excluding ortho intramolecular Hbond substituents is 1. The summed E-state index contributed by atoms with van der Waals surface area (Å²) in [6.07, 6.45) is 0. The summed E-state index contributed by atoms with van der Waals surface area (Å²) in [6.45, 7) is 1.39. The van der Waals surface area contributed by atoms with Crippen LogP contribution in [0.25, 0.3) is 0 Å². The van der Waals surface area contributed by atoms with Crippen LogP contribution in [0.3, 0.4) is 0 Å². The molecular weight excluding hydrogens is 178 g/mol. The van der Waals surface area contributed by atoms with Gasteiger partial charge in [0.15, 0.2) is 5.78 Å². The van der Waals surface area contributed by atoms with E-state index in [4.69, 9.17) is 22.4 Å². The smallest absolute Gasteiger partial charge is 0.161 e. The van der Waals surface area contributed by atoms with Crippen LogP contribution < -0.4 is 5.73 Å². The van der Waals surface area contributed by atoms with Crippen LogP contribution in [0.4, 0.5) is 5.69 Å². The molecule has 0 aromatic heterocycles. The lowest BCUT2D eigenvalue weighted by Crippen LogP contribution is -1.96. The molecule has 1 aromatic carbocycles. The monoisotopic (exact) mass is 185 g/mol. The molecule has 0 saturated heterocycles. The highest BCUT2D eigenvalue weighted by Gasteiger charge is 2.08. The fourth-order valence-corrected chi connectivity index (χ4v) is 1.14. The molecular formula is C8H8ClNO2. The second kappa shape index (κ2) is 3.03. The van der Waals surface area contributed by atoms with Crippen LogP contribution >= 0.6 is 11.6 Å². The van der Waals surface area contributed by atoms with Crippen LogP contribution in [0.2, 0.25) is 5.02 Å². The number of aromatic hydroxyl groups is 1. The van der Waals surface area contributed by atoms with Gasteiger partial charge in [-0.2, -0.15) is 0 Å². The highest BCUT2D eigenvalue weighted by Crippen LogP contribution is 2.28. The van der Waals surface area contributed by atoms with Crippen molar-refractivity contribution >= 4 is 23.1 Å². The normalized spacial score (nSPS) is 9.83. The number of phenols is 1. The number of benzene rings is 1. The SMILES string of the molecule is CC(=O)c1cc(N)c(O)cc1Cl. The molecule has 0 aliphatic carbocycles. The second-order valence-electron chi connectivity index (χ2n) is 2.45. The minimum absolute atomic E-state index is 0.106. The average molecular weight is 186 g/mol. The molecule has 0 amide bonds. The maximum Gasteiger partial charge on any atom is 0.161 e. The van der Waals surface area contributed by atoms with Gasteiger partial charge in [-0.15, -0.1) is 0 Å². The van der Waals surface area contributed by atoms with Crippen molar-refractivity contribution in [3.8, 4) is 5.75 Å². The van der Waals surface area contributed by atoms with Gasteiger partial charge in [0.05, 0.1) is 10.7 Å². The minimum atomic E-state index is -0.174. The summed E-state index contributed by atoms with van der Waals surface area (Å²) in [6, 6.07) is 2.62. The standard InChI is InChI=1S/C8H8ClNO2/c1-4(11)5-2-7(10)8(12)3-6(5)9/h2-3,12H,10H2,1H3. The quantitative estimate of drug-likeness (QED) is 0.399. The lowest BCUT2D eigenvalue weighted by Gasteiger charge is -2.03. The second-order valence-corrected chi connectivity index (χ2v) is 2.85. The Morgan fingerprint density at radius 2 is 2.17 bits per heavy atom. The summed E-state index contributed by atoms with van der Waals surface area (Å²) in [7, 11) is 0. The van der Waals surface area contributed by atoms with Gasteiger partial charge in [-0.1, -0.05) is 11.6 Å². The van der Waals surface area contributed by atoms with E-state index in [0.29, 0.717) is 5.56 Å². The molecule has 0 aliphatic rings. The fourth-order valence-electron chi connectivity index (χ4n) is 0.849. The number of Topliss-reactive ketones (excluding diaryl/α,β-unsaturated/α-hetero) is 1. The van der Waals surface area contributed by atoms with E-state index >= 15 is 0 Å². The average Bonchev–Trinajstić information content (AvgIpc) is 1.96. The third-order valence-electron chi connectivity index (χ3n) is 1.50. The van der Waals surface area contributed by atoms with Crippen LogP contribution in [0.15, 0.2) is 12.1 Å². The van der Waals surface area contributed by atoms with Gasteiger partial charge in [0.1, 0.15) is 5.75 Å². The largest absolute Gasteiger partial charge is 0.506 e. The lowest BCUT2D eigenvalue weighted by molar-refractivity contribution is 0.101. The number of carbonyl (C=O) groups is 1. The van der Waals surface area contributed by atoms with E-state index < -0.39 is 0 Å². The first-order chi connectivity index (χ1) is 5.52. The molecule has 3 N–H and O–H groups in total. The van der Waals surface area contributed by atoms with Crippen molar-refractivity contribution < 1.29 is 9.90 Å². The van der Waals surface area contributed by atoms with Crippen molar-refractivity contribution in [2.24, 2.45) is 0 Å². The molecule has 1 aromatic rings. The van der Waals surface area contributed by atoms with E-state index in [0.717, 1.165) is 0 Å². The molecule has 0 saturated carbocycles. The van der Waals surface area contributed by atoms with Gasteiger partial charge < -0.3 is 10.8 Å². The minimum Gasteiger partial charge on any atom is -0.506 e. The Morgan fingerprint density at radius 3 is 2.67 bits per heavy atom. The zero-order valence-electron chi connectivity index (χ0n) is 6.47. The molecule has 0 radical (unpaired) electrons. The number of nitrogen functional groups attached to an aromatic ring is 1. The molecule has 0 fully saturated rings. The molecule has 4 heteroatoms. The van der Waals surface area contributed by atoms with Crippen molar-refractivity contribution in [1.82, 2.24) is 0 Å². The maximum atomic E-state index is 10.9. The summed E-state index contributed by atoms with van der Waals surface area (Å²) in [5.41, 5.74) is 5.85. The van der Waals surface area contributed by atoms with Gasteiger partial charge in [-0.3, -0.25) is 4.79 Å².